The van der Waals surface area contributed by atoms with Crippen LogP contribution in [0.15, 0.2) is 120 Å². The van der Waals surface area contributed by atoms with E-state index in [0.717, 1.165) is 33.9 Å². The van der Waals surface area contributed by atoms with Crippen LogP contribution < -0.4 is 4.90 Å². The maximum absolute atomic E-state index is 13.3. The molecule has 0 fully saturated rings. The minimum absolute atomic E-state index is 0.121. The van der Waals surface area contributed by atoms with Gasteiger partial charge < -0.3 is 4.90 Å². The fourth-order valence-electron chi connectivity index (χ4n) is 4.13. The minimum atomic E-state index is -0.154. The molecule has 1 heterocycles. The molecule has 1 aliphatic heterocycles. The monoisotopic (exact) mass is 402 g/mol. The molecule has 1 aliphatic rings. The third-order valence-electron chi connectivity index (χ3n) is 5.60. The zero-order valence-corrected chi connectivity index (χ0v) is 17.1. The summed E-state index contributed by atoms with van der Waals surface area (Å²) in [7, 11) is 0. The average molecular weight is 402 g/mol. The molecule has 4 aromatic carbocycles. The molecular weight excluding hydrogens is 380 g/mol. The molecule has 31 heavy (non-hydrogen) atoms. The Morgan fingerprint density at radius 3 is 2.00 bits per heavy atom. The van der Waals surface area contributed by atoms with E-state index in [1.807, 2.05) is 84.9 Å². The normalized spacial score (nSPS) is 15.2. The summed E-state index contributed by atoms with van der Waals surface area (Å²) in [5.41, 5.74) is 4.76. The van der Waals surface area contributed by atoms with Crippen LogP contribution in [0.25, 0.3) is 0 Å². The van der Waals surface area contributed by atoms with E-state index in [2.05, 4.69) is 35.2 Å². The van der Waals surface area contributed by atoms with Crippen molar-refractivity contribution in [1.82, 2.24) is 0 Å². The SMILES string of the molecule is O=C(C[C@H]1c2ccccc2N=C(c2ccccc2)N1c1ccccc1)c1ccccc1. The molecule has 0 spiro atoms. The maximum Gasteiger partial charge on any atom is 0.165 e. The fourth-order valence-corrected chi connectivity index (χ4v) is 4.13. The summed E-state index contributed by atoms with van der Waals surface area (Å²) in [6, 6.07) is 37.9. The smallest absolute Gasteiger partial charge is 0.165 e. The highest BCUT2D eigenvalue weighted by Crippen LogP contribution is 2.41. The van der Waals surface area contributed by atoms with Crippen LogP contribution in [0.5, 0.6) is 0 Å². The number of hydrogen-bond donors (Lipinski definition) is 0. The van der Waals surface area contributed by atoms with Crippen LogP contribution >= 0.6 is 0 Å². The predicted octanol–water partition coefficient (Wildman–Crippen LogP) is 6.60. The van der Waals surface area contributed by atoms with Gasteiger partial charge in [-0.1, -0.05) is 97.1 Å². The molecule has 0 aromatic heterocycles. The van der Waals surface area contributed by atoms with Crippen LogP contribution in [-0.2, 0) is 0 Å². The molecule has 1 atom stereocenters. The largest absolute Gasteiger partial charge is 0.318 e. The van der Waals surface area contributed by atoms with Crippen molar-refractivity contribution in [3.05, 3.63) is 132 Å². The molecule has 0 saturated carbocycles. The summed E-state index contributed by atoms with van der Waals surface area (Å²) in [4.78, 5) is 20.5. The van der Waals surface area contributed by atoms with Crippen molar-refractivity contribution in [2.75, 3.05) is 4.90 Å². The van der Waals surface area contributed by atoms with Gasteiger partial charge in [-0.2, -0.15) is 0 Å². The molecule has 0 radical (unpaired) electrons. The van der Waals surface area contributed by atoms with Gasteiger partial charge in [0.05, 0.1) is 11.7 Å². The van der Waals surface area contributed by atoms with Gasteiger partial charge in [0, 0.05) is 28.8 Å². The molecule has 4 aromatic rings. The number of hydrogen-bond acceptors (Lipinski definition) is 3. The number of amidine groups is 1. The summed E-state index contributed by atoms with van der Waals surface area (Å²) < 4.78 is 0. The summed E-state index contributed by atoms with van der Waals surface area (Å²) in [5.74, 6) is 0.979. The van der Waals surface area contributed by atoms with Crippen LogP contribution in [0.2, 0.25) is 0 Å². The van der Waals surface area contributed by atoms with E-state index >= 15 is 0 Å². The first-order chi connectivity index (χ1) is 15.3. The number of aliphatic imine (C=N–C) groups is 1. The standard InChI is InChI=1S/C28H22N2O/c31-27(21-12-4-1-5-13-21)20-26-24-18-10-11-19-25(24)29-28(22-14-6-2-7-15-22)30(26)23-16-8-3-9-17-23/h1-19,26H,20H2/t26-/m0/s1. The van der Waals surface area contributed by atoms with Gasteiger partial charge in [0.25, 0.3) is 0 Å². The number of anilines is 1. The Morgan fingerprint density at radius 1 is 0.710 bits per heavy atom. The highest BCUT2D eigenvalue weighted by Gasteiger charge is 2.33. The van der Waals surface area contributed by atoms with Crippen LogP contribution in [-0.4, -0.2) is 11.6 Å². The Bertz CT molecular complexity index is 1220. The van der Waals surface area contributed by atoms with E-state index in [9.17, 15) is 4.79 Å². The highest BCUT2D eigenvalue weighted by molar-refractivity contribution is 6.13. The zero-order chi connectivity index (χ0) is 21.0. The lowest BCUT2D eigenvalue weighted by molar-refractivity contribution is 0.0974. The van der Waals surface area contributed by atoms with Crippen molar-refractivity contribution >= 4 is 23.0 Å². The second-order valence-corrected chi connectivity index (χ2v) is 7.57. The molecule has 0 saturated heterocycles. The summed E-state index contributed by atoms with van der Waals surface area (Å²) in [5, 5.41) is 0. The summed E-state index contributed by atoms with van der Waals surface area (Å²) >= 11 is 0. The third-order valence-corrected chi connectivity index (χ3v) is 5.60. The highest BCUT2D eigenvalue weighted by atomic mass is 16.1. The molecule has 3 nitrogen and oxygen atoms in total. The number of carbonyl (C=O) groups is 1. The van der Waals surface area contributed by atoms with Crippen molar-refractivity contribution in [3.8, 4) is 0 Å². The number of nitrogens with zero attached hydrogens (tertiary/aromatic N) is 2. The van der Waals surface area contributed by atoms with Crippen molar-refractivity contribution in [2.45, 2.75) is 12.5 Å². The van der Waals surface area contributed by atoms with Crippen LogP contribution in [0.4, 0.5) is 11.4 Å². The Hall–Kier alpha value is -3.98. The molecule has 0 aliphatic carbocycles. The van der Waals surface area contributed by atoms with Gasteiger partial charge in [0.2, 0.25) is 0 Å². The van der Waals surface area contributed by atoms with E-state index in [1.54, 1.807) is 0 Å². The van der Waals surface area contributed by atoms with E-state index in [1.165, 1.54) is 0 Å². The van der Waals surface area contributed by atoms with Gasteiger partial charge in [-0.25, -0.2) is 4.99 Å². The molecule has 150 valence electrons. The molecule has 0 unspecified atom stereocenters. The summed E-state index contributed by atoms with van der Waals surface area (Å²) in [6.07, 6.45) is 0.363. The molecule has 3 heteroatoms. The first kappa shape index (κ1) is 19.0. The second kappa shape index (κ2) is 8.41. The topological polar surface area (TPSA) is 32.7 Å². The van der Waals surface area contributed by atoms with Crippen LogP contribution in [0.1, 0.15) is 33.9 Å². The number of carbonyl (C=O) groups excluding carboxylic acids is 1. The lowest BCUT2D eigenvalue weighted by atomic mass is 9.92. The van der Waals surface area contributed by atoms with Crippen molar-refractivity contribution in [2.24, 2.45) is 4.99 Å². The number of fused-ring (bicyclic) bond motifs is 1. The predicted molar refractivity (Wildman–Crippen MR) is 126 cm³/mol. The van der Waals surface area contributed by atoms with E-state index in [0.29, 0.717) is 6.42 Å². The van der Waals surface area contributed by atoms with E-state index in [-0.39, 0.29) is 11.8 Å². The van der Waals surface area contributed by atoms with Crippen LogP contribution in [0.3, 0.4) is 0 Å². The maximum atomic E-state index is 13.3. The number of para-hydroxylation sites is 2. The average Bonchev–Trinajstić information content (AvgIpc) is 2.85. The number of Topliss-reactive ketones (excluding diaryl/α,β-unsaturated/α-hetero) is 1. The van der Waals surface area contributed by atoms with Gasteiger partial charge in [0.15, 0.2) is 5.78 Å². The third kappa shape index (κ3) is 3.78. The first-order valence-corrected chi connectivity index (χ1v) is 10.5. The number of benzene rings is 4. The lowest BCUT2D eigenvalue weighted by Crippen LogP contribution is -2.39. The first-order valence-electron chi connectivity index (χ1n) is 10.5. The molecule has 0 amide bonds. The van der Waals surface area contributed by atoms with Gasteiger partial charge in [-0.3, -0.25) is 4.79 Å². The van der Waals surface area contributed by atoms with Gasteiger partial charge in [-0.05, 0) is 18.2 Å². The number of rotatable bonds is 5. The molecule has 5 rings (SSSR count). The quantitative estimate of drug-likeness (QED) is 0.352. The van der Waals surface area contributed by atoms with Gasteiger partial charge in [-0.15, -0.1) is 0 Å². The Balaban J connectivity index is 1.66. The summed E-state index contributed by atoms with van der Waals surface area (Å²) in [6.45, 7) is 0. The van der Waals surface area contributed by atoms with Gasteiger partial charge in [0.1, 0.15) is 5.84 Å². The molecular formula is C28H22N2O. The van der Waals surface area contributed by atoms with E-state index < -0.39 is 0 Å². The van der Waals surface area contributed by atoms with Crippen molar-refractivity contribution in [3.63, 3.8) is 0 Å². The Morgan fingerprint density at radius 2 is 1.29 bits per heavy atom. The Kier molecular flexibility index (Phi) is 5.16. The van der Waals surface area contributed by atoms with Crippen LogP contribution in [0, 0.1) is 0 Å². The second-order valence-electron chi connectivity index (χ2n) is 7.57. The van der Waals surface area contributed by atoms with E-state index in [4.69, 9.17) is 4.99 Å². The van der Waals surface area contributed by atoms with Crippen molar-refractivity contribution in [1.29, 1.82) is 0 Å². The fraction of sp³-hybridized carbons (Fsp3) is 0.0714. The number of ketones is 1. The van der Waals surface area contributed by atoms with Crippen molar-refractivity contribution < 1.29 is 4.79 Å². The lowest BCUT2D eigenvalue weighted by Gasteiger charge is -2.38. The Labute approximate surface area is 182 Å². The minimum Gasteiger partial charge on any atom is -0.318 e. The molecule has 0 bridgehead atoms. The van der Waals surface area contributed by atoms with Gasteiger partial charge >= 0.3 is 0 Å². The molecule has 0 N–H and O–H groups in total. The zero-order valence-electron chi connectivity index (χ0n) is 17.1.